The first kappa shape index (κ1) is 15.9. The van der Waals surface area contributed by atoms with E-state index in [1.54, 1.807) is 11.8 Å². The van der Waals surface area contributed by atoms with Crippen LogP contribution in [-0.2, 0) is 4.79 Å². The number of thioether (sulfide) groups is 1. The number of nitrogens with one attached hydrogen (secondary N) is 2. The molecule has 20 heavy (non-hydrogen) atoms. The average Bonchev–Trinajstić information content (AvgIpc) is 2.43. The van der Waals surface area contributed by atoms with Gasteiger partial charge in [-0.25, -0.2) is 0 Å². The van der Waals surface area contributed by atoms with Gasteiger partial charge in [-0.05, 0) is 63.0 Å². The van der Waals surface area contributed by atoms with Crippen molar-refractivity contribution in [1.29, 1.82) is 0 Å². The monoisotopic (exact) mass is 356 g/mol. The quantitative estimate of drug-likeness (QED) is 0.867. The van der Waals surface area contributed by atoms with Crippen LogP contribution in [0.5, 0.6) is 0 Å². The van der Waals surface area contributed by atoms with Crippen LogP contribution < -0.4 is 10.6 Å². The summed E-state index contributed by atoms with van der Waals surface area (Å²) in [6.45, 7) is 6.22. The van der Waals surface area contributed by atoms with Gasteiger partial charge in [0.05, 0.1) is 5.75 Å². The fraction of sp³-hybridized carbons (Fsp3) is 0.533. The van der Waals surface area contributed by atoms with E-state index in [9.17, 15) is 4.79 Å². The normalized spacial score (nSPS) is 16.1. The first-order valence-electron chi connectivity index (χ1n) is 6.95. The number of rotatable bonds is 4. The van der Waals surface area contributed by atoms with Gasteiger partial charge in [0, 0.05) is 15.4 Å². The number of carbonyl (C=O) groups is 1. The Labute approximate surface area is 133 Å². The molecule has 1 aromatic carbocycles. The Kier molecular flexibility index (Phi) is 5.93. The SMILES string of the molecule is Cc1cc(NC(=O)CSC2CCNCC2)cc(C)c1Br. The predicted octanol–water partition coefficient (Wildman–Crippen LogP) is 3.49. The van der Waals surface area contributed by atoms with Gasteiger partial charge in [0.25, 0.3) is 0 Å². The molecule has 1 aliphatic heterocycles. The molecule has 5 heteroatoms. The summed E-state index contributed by atoms with van der Waals surface area (Å²) in [5.41, 5.74) is 3.18. The Hall–Kier alpha value is -0.520. The summed E-state index contributed by atoms with van der Waals surface area (Å²) >= 11 is 5.31. The fourth-order valence-electron chi connectivity index (χ4n) is 2.37. The third-order valence-corrected chi connectivity index (χ3v) is 6.08. The van der Waals surface area contributed by atoms with Crippen LogP contribution in [0.1, 0.15) is 24.0 Å². The number of piperidine rings is 1. The maximum absolute atomic E-state index is 12.0. The van der Waals surface area contributed by atoms with E-state index < -0.39 is 0 Å². The highest BCUT2D eigenvalue weighted by Crippen LogP contribution is 2.25. The van der Waals surface area contributed by atoms with Crippen molar-refractivity contribution < 1.29 is 4.79 Å². The maximum Gasteiger partial charge on any atom is 0.234 e. The molecule has 1 aromatic rings. The molecule has 1 aliphatic rings. The van der Waals surface area contributed by atoms with E-state index in [-0.39, 0.29) is 5.91 Å². The summed E-state index contributed by atoms with van der Waals surface area (Å²) in [4.78, 5) is 12.0. The minimum Gasteiger partial charge on any atom is -0.325 e. The standard InChI is InChI=1S/C15H21BrN2OS/c1-10-7-12(8-11(2)15(10)16)18-14(19)9-20-13-3-5-17-6-4-13/h7-8,13,17H,3-6,9H2,1-2H3,(H,18,19). The molecule has 1 fully saturated rings. The number of carbonyl (C=O) groups excluding carboxylic acids is 1. The topological polar surface area (TPSA) is 41.1 Å². The zero-order valence-corrected chi connectivity index (χ0v) is 14.4. The molecular weight excluding hydrogens is 336 g/mol. The van der Waals surface area contributed by atoms with Gasteiger partial charge >= 0.3 is 0 Å². The van der Waals surface area contributed by atoms with Crippen molar-refractivity contribution in [1.82, 2.24) is 5.32 Å². The molecule has 0 bridgehead atoms. The molecule has 0 unspecified atom stereocenters. The minimum absolute atomic E-state index is 0.0923. The molecule has 0 aliphatic carbocycles. The molecule has 1 heterocycles. The van der Waals surface area contributed by atoms with Gasteiger partial charge in [-0.15, -0.1) is 11.8 Å². The number of hydrogen-bond acceptors (Lipinski definition) is 3. The van der Waals surface area contributed by atoms with Gasteiger partial charge < -0.3 is 10.6 Å². The van der Waals surface area contributed by atoms with Gasteiger partial charge in [0.15, 0.2) is 0 Å². The average molecular weight is 357 g/mol. The van der Waals surface area contributed by atoms with Gasteiger partial charge in [0.2, 0.25) is 5.91 Å². The lowest BCUT2D eigenvalue weighted by molar-refractivity contribution is -0.113. The summed E-state index contributed by atoms with van der Waals surface area (Å²) in [6, 6.07) is 4.01. The molecule has 1 amide bonds. The predicted molar refractivity (Wildman–Crippen MR) is 90.6 cm³/mol. The molecule has 0 radical (unpaired) electrons. The molecule has 110 valence electrons. The molecule has 2 rings (SSSR count). The summed E-state index contributed by atoms with van der Waals surface area (Å²) in [7, 11) is 0. The van der Waals surface area contributed by atoms with Crippen molar-refractivity contribution in [3.8, 4) is 0 Å². The first-order valence-corrected chi connectivity index (χ1v) is 8.79. The largest absolute Gasteiger partial charge is 0.325 e. The summed E-state index contributed by atoms with van der Waals surface area (Å²) in [6.07, 6.45) is 2.32. The highest BCUT2D eigenvalue weighted by atomic mass is 79.9. The van der Waals surface area contributed by atoms with Crippen molar-refractivity contribution in [2.75, 3.05) is 24.2 Å². The molecule has 0 spiro atoms. The number of halogens is 1. The maximum atomic E-state index is 12.0. The van der Waals surface area contributed by atoms with E-state index in [2.05, 4.69) is 26.6 Å². The molecule has 1 saturated heterocycles. The van der Waals surface area contributed by atoms with Crippen LogP contribution in [-0.4, -0.2) is 30.0 Å². The van der Waals surface area contributed by atoms with Gasteiger partial charge in [-0.2, -0.15) is 0 Å². The van der Waals surface area contributed by atoms with Crippen molar-refractivity contribution in [2.45, 2.75) is 31.9 Å². The van der Waals surface area contributed by atoms with E-state index in [1.807, 2.05) is 26.0 Å². The lowest BCUT2D eigenvalue weighted by Crippen LogP contribution is -2.30. The molecule has 3 nitrogen and oxygen atoms in total. The van der Waals surface area contributed by atoms with E-state index in [1.165, 1.54) is 0 Å². The number of amides is 1. The van der Waals surface area contributed by atoms with Gasteiger partial charge in [-0.1, -0.05) is 15.9 Å². The minimum atomic E-state index is 0.0923. The fourth-order valence-corrected chi connectivity index (χ4v) is 3.63. The Morgan fingerprint density at radius 3 is 2.55 bits per heavy atom. The van der Waals surface area contributed by atoms with E-state index in [0.29, 0.717) is 11.0 Å². The van der Waals surface area contributed by atoms with Crippen molar-refractivity contribution >= 4 is 39.3 Å². The van der Waals surface area contributed by atoms with Gasteiger partial charge in [0.1, 0.15) is 0 Å². The van der Waals surface area contributed by atoms with Crippen LogP contribution in [0.25, 0.3) is 0 Å². The summed E-state index contributed by atoms with van der Waals surface area (Å²) in [5.74, 6) is 0.633. The molecule has 0 atom stereocenters. The Morgan fingerprint density at radius 1 is 1.35 bits per heavy atom. The van der Waals surface area contributed by atoms with Crippen molar-refractivity contribution in [3.63, 3.8) is 0 Å². The highest BCUT2D eigenvalue weighted by molar-refractivity contribution is 9.10. The van der Waals surface area contributed by atoms with E-state index in [4.69, 9.17) is 0 Å². The summed E-state index contributed by atoms with van der Waals surface area (Å²) in [5, 5.41) is 6.96. The van der Waals surface area contributed by atoms with Crippen LogP contribution in [0.3, 0.4) is 0 Å². The van der Waals surface area contributed by atoms with E-state index >= 15 is 0 Å². The third-order valence-electron chi connectivity index (χ3n) is 3.46. The zero-order valence-electron chi connectivity index (χ0n) is 12.0. The van der Waals surface area contributed by atoms with E-state index in [0.717, 1.165) is 47.2 Å². The second kappa shape index (κ2) is 7.48. The van der Waals surface area contributed by atoms with Crippen LogP contribution in [0, 0.1) is 13.8 Å². The van der Waals surface area contributed by atoms with Crippen molar-refractivity contribution in [2.24, 2.45) is 0 Å². The van der Waals surface area contributed by atoms with Crippen LogP contribution in [0.4, 0.5) is 5.69 Å². The second-order valence-corrected chi connectivity index (χ2v) is 7.31. The van der Waals surface area contributed by atoms with Crippen molar-refractivity contribution in [3.05, 3.63) is 27.7 Å². The first-order chi connectivity index (χ1) is 9.56. The third kappa shape index (κ3) is 4.50. The second-order valence-electron chi connectivity index (χ2n) is 5.23. The van der Waals surface area contributed by atoms with Crippen LogP contribution >= 0.6 is 27.7 Å². The number of benzene rings is 1. The zero-order chi connectivity index (χ0) is 14.5. The molecule has 0 saturated carbocycles. The molecular formula is C15H21BrN2OS. The lowest BCUT2D eigenvalue weighted by Gasteiger charge is -2.21. The van der Waals surface area contributed by atoms with Crippen LogP contribution in [0.15, 0.2) is 16.6 Å². The molecule has 2 N–H and O–H groups in total. The lowest BCUT2D eigenvalue weighted by atomic mass is 10.1. The Balaban J connectivity index is 1.84. The Morgan fingerprint density at radius 2 is 1.95 bits per heavy atom. The number of anilines is 1. The summed E-state index contributed by atoms with van der Waals surface area (Å²) < 4.78 is 1.11. The molecule has 0 aromatic heterocycles. The highest BCUT2D eigenvalue weighted by Gasteiger charge is 2.15. The number of hydrogen-bond donors (Lipinski definition) is 2. The Bertz CT molecular complexity index is 464. The number of aryl methyl sites for hydroxylation is 2. The smallest absolute Gasteiger partial charge is 0.234 e. The van der Waals surface area contributed by atoms with Gasteiger partial charge in [-0.3, -0.25) is 4.79 Å². The van der Waals surface area contributed by atoms with Crippen LogP contribution in [0.2, 0.25) is 0 Å².